The Hall–Kier alpha value is -1.90. The SMILES string of the molecule is CC1CCN(CC(=O)Nc2ccc(C#N)cc2)CC1O. The van der Waals surface area contributed by atoms with Gasteiger partial charge in [0.2, 0.25) is 5.91 Å². The summed E-state index contributed by atoms with van der Waals surface area (Å²) < 4.78 is 0. The maximum absolute atomic E-state index is 11.9. The molecule has 5 heteroatoms. The number of carbonyl (C=O) groups is 1. The smallest absolute Gasteiger partial charge is 0.238 e. The van der Waals surface area contributed by atoms with Gasteiger partial charge in [-0.2, -0.15) is 5.26 Å². The number of amides is 1. The average molecular weight is 273 g/mol. The highest BCUT2D eigenvalue weighted by molar-refractivity contribution is 5.92. The molecule has 2 N–H and O–H groups in total. The Morgan fingerprint density at radius 1 is 1.50 bits per heavy atom. The van der Waals surface area contributed by atoms with E-state index < -0.39 is 0 Å². The van der Waals surface area contributed by atoms with Crippen molar-refractivity contribution in [1.29, 1.82) is 5.26 Å². The second-order valence-electron chi connectivity index (χ2n) is 5.31. The number of aliphatic hydroxyl groups is 1. The van der Waals surface area contributed by atoms with Crippen molar-refractivity contribution < 1.29 is 9.90 Å². The Labute approximate surface area is 118 Å². The molecule has 0 aliphatic carbocycles. The fraction of sp³-hybridized carbons (Fsp3) is 0.467. The first-order valence-electron chi connectivity index (χ1n) is 6.79. The van der Waals surface area contributed by atoms with Gasteiger partial charge in [-0.1, -0.05) is 6.92 Å². The van der Waals surface area contributed by atoms with E-state index in [-0.39, 0.29) is 18.6 Å². The van der Waals surface area contributed by atoms with E-state index in [0.29, 0.717) is 23.7 Å². The first-order valence-corrected chi connectivity index (χ1v) is 6.79. The lowest BCUT2D eigenvalue weighted by Crippen LogP contribution is -2.45. The molecule has 1 saturated heterocycles. The van der Waals surface area contributed by atoms with E-state index in [1.807, 2.05) is 17.9 Å². The number of nitrogens with one attached hydrogen (secondary N) is 1. The van der Waals surface area contributed by atoms with Crippen LogP contribution in [-0.4, -0.2) is 41.7 Å². The van der Waals surface area contributed by atoms with E-state index >= 15 is 0 Å². The van der Waals surface area contributed by atoms with E-state index in [1.54, 1.807) is 24.3 Å². The summed E-state index contributed by atoms with van der Waals surface area (Å²) in [5.74, 6) is 0.198. The minimum absolute atomic E-state index is 0.100. The van der Waals surface area contributed by atoms with E-state index in [4.69, 9.17) is 5.26 Å². The van der Waals surface area contributed by atoms with Gasteiger partial charge in [0.1, 0.15) is 0 Å². The average Bonchev–Trinajstić information content (AvgIpc) is 2.44. The van der Waals surface area contributed by atoms with Crippen molar-refractivity contribution in [2.45, 2.75) is 19.4 Å². The van der Waals surface area contributed by atoms with E-state index in [2.05, 4.69) is 5.32 Å². The number of rotatable bonds is 3. The third-order valence-electron chi connectivity index (χ3n) is 3.67. The first-order chi connectivity index (χ1) is 9.58. The molecule has 1 aliphatic heterocycles. The predicted molar refractivity (Wildman–Crippen MR) is 76.0 cm³/mol. The van der Waals surface area contributed by atoms with Crippen molar-refractivity contribution in [3.05, 3.63) is 29.8 Å². The lowest BCUT2D eigenvalue weighted by molar-refractivity contribution is -0.118. The second-order valence-corrected chi connectivity index (χ2v) is 5.31. The van der Waals surface area contributed by atoms with Gasteiger partial charge in [-0.3, -0.25) is 9.69 Å². The Morgan fingerprint density at radius 2 is 2.20 bits per heavy atom. The number of nitrogens with zero attached hydrogens (tertiary/aromatic N) is 2. The number of β-amino-alcohol motifs (C(OH)–C–C–N with tert-alkyl or cyclic N) is 1. The molecular formula is C15H19N3O2. The summed E-state index contributed by atoms with van der Waals surface area (Å²) in [7, 11) is 0. The molecule has 0 bridgehead atoms. The van der Waals surface area contributed by atoms with Crippen LogP contribution in [0.15, 0.2) is 24.3 Å². The minimum Gasteiger partial charge on any atom is -0.392 e. The van der Waals surface area contributed by atoms with Gasteiger partial charge in [0.15, 0.2) is 0 Å². The maximum Gasteiger partial charge on any atom is 0.238 e. The number of nitriles is 1. The predicted octanol–water partition coefficient (Wildman–Crippen LogP) is 1.20. The van der Waals surface area contributed by atoms with Crippen LogP contribution in [0, 0.1) is 17.2 Å². The van der Waals surface area contributed by atoms with Crippen LogP contribution in [0.3, 0.4) is 0 Å². The molecule has 106 valence electrons. The zero-order chi connectivity index (χ0) is 14.5. The van der Waals surface area contributed by atoms with Crippen molar-refractivity contribution in [2.75, 3.05) is 25.0 Å². The summed E-state index contributed by atoms with van der Waals surface area (Å²) in [5, 5.41) is 21.3. The largest absolute Gasteiger partial charge is 0.392 e. The summed E-state index contributed by atoms with van der Waals surface area (Å²) in [6.07, 6.45) is 0.553. The van der Waals surface area contributed by atoms with Crippen LogP contribution < -0.4 is 5.32 Å². The molecule has 1 amide bonds. The third kappa shape index (κ3) is 3.80. The lowest BCUT2D eigenvalue weighted by atomic mass is 9.96. The number of aliphatic hydroxyl groups excluding tert-OH is 1. The van der Waals surface area contributed by atoms with Gasteiger partial charge in [-0.15, -0.1) is 0 Å². The van der Waals surface area contributed by atoms with Crippen LogP contribution in [0.5, 0.6) is 0 Å². The first kappa shape index (κ1) is 14.5. The van der Waals surface area contributed by atoms with Crippen molar-refractivity contribution in [2.24, 2.45) is 5.92 Å². The summed E-state index contributed by atoms with van der Waals surface area (Å²) in [6, 6.07) is 8.79. The van der Waals surface area contributed by atoms with Gasteiger partial charge in [-0.25, -0.2) is 0 Å². The number of anilines is 1. The number of hydrogen-bond donors (Lipinski definition) is 2. The molecule has 2 unspecified atom stereocenters. The van der Waals surface area contributed by atoms with Crippen molar-refractivity contribution >= 4 is 11.6 Å². The molecule has 0 spiro atoms. The van der Waals surface area contributed by atoms with E-state index in [9.17, 15) is 9.90 Å². The molecule has 0 radical (unpaired) electrons. The normalized spacial score (nSPS) is 23.1. The highest BCUT2D eigenvalue weighted by Gasteiger charge is 2.25. The monoisotopic (exact) mass is 273 g/mol. The third-order valence-corrected chi connectivity index (χ3v) is 3.67. The molecule has 0 saturated carbocycles. The molecule has 1 aliphatic rings. The second kappa shape index (κ2) is 6.51. The molecule has 0 aromatic heterocycles. The molecule has 1 heterocycles. The van der Waals surface area contributed by atoms with Gasteiger partial charge >= 0.3 is 0 Å². The van der Waals surface area contributed by atoms with Crippen molar-refractivity contribution in [3.63, 3.8) is 0 Å². The Balaban J connectivity index is 1.84. The van der Waals surface area contributed by atoms with Crippen LogP contribution in [0.4, 0.5) is 5.69 Å². The maximum atomic E-state index is 11.9. The standard InChI is InChI=1S/C15H19N3O2/c1-11-6-7-18(9-14(11)19)10-15(20)17-13-4-2-12(8-16)3-5-13/h2-5,11,14,19H,6-7,9-10H2,1H3,(H,17,20). The molecule has 5 nitrogen and oxygen atoms in total. The van der Waals surface area contributed by atoms with Crippen LogP contribution in [0.2, 0.25) is 0 Å². The zero-order valence-electron chi connectivity index (χ0n) is 11.5. The van der Waals surface area contributed by atoms with Crippen LogP contribution in [0.25, 0.3) is 0 Å². The summed E-state index contributed by atoms with van der Waals surface area (Å²) in [6.45, 7) is 3.68. The fourth-order valence-electron chi connectivity index (χ4n) is 2.29. The molecule has 1 fully saturated rings. The molecular weight excluding hydrogens is 254 g/mol. The number of hydrogen-bond acceptors (Lipinski definition) is 4. The molecule has 2 atom stereocenters. The Morgan fingerprint density at radius 3 is 2.80 bits per heavy atom. The van der Waals surface area contributed by atoms with E-state index in [1.165, 1.54) is 0 Å². The van der Waals surface area contributed by atoms with Gasteiger partial charge in [-0.05, 0) is 43.1 Å². The number of likely N-dealkylation sites (tertiary alicyclic amines) is 1. The molecule has 1 aromatic rings. The molecule has 20 heavy (non-hydrogen) atoms. The van der Waals surface area contributed by atoms with Gasteiger partial charge in [0.05, 0.1) is 24.3 Å². The summed E-state index contributed by atoms with van der Waals surface area (Å²) >= 11 is 0. The Bertz CT molecular complexity index is 507. The van der Waals surface area contributed by atoms with Crippen molar-refractivity contribution in [1.82, 2.24) is 4.90 Å². The van der Waals surface area contributed by atoms with Gasteiger partial charge < -0.3 is 10.4 Å². The van der Waals surface area contributed by atoms with Crippen LogP contribution in [0.1, 0.15) is 18.9 Å². The van der Waals surface area contributed by atoms with Crippen LogP contribution >= 0.6 is 0 Å². The zero-order valence-corrected chi connectivity index (χ0v) is 11.5. The van der Waals surface area contributed by atoms with Crippen molar-refractivity contribution in [3.8, 4) is 6.07 Å². The van der Waals surface area contributed by atoms with Gasteiger partial charge in [0, 0.05) is 12.2 Å². The van der Waals surface area contributed by atoms with Crippen LogP contribution in [-0.2, 0) is 4.79 Å². The topological polar surface area (TPSA) is 76.4 Å². The summed E-state index contributed by atoms with van der Waals surface area (Å²) in [4.78, 5) is 13.9. The lowest BCUT2D eigenvalue weighted by Gasteiger charge is -2.33. The van der Waals surface area contributed by atoms with Gasteiger partial charge in [0.25, 0.3) is 0 Å². The molecule has 1 aromatic carbocycles. The highest BCUT2D eigenvalue weighted by Crippen LogP contribution is 2.16. The number of carbonyl (C=O) groups excluding carboxylic acids is 1. The number of piperidine rings is 1. The number of benzene rings is 1. The highest BCUT2D eigenvalue weighted by atomic mass is 16.3. The summed E-state index contributed by atoms with van der Waals surface area (Å²) in [5.41, 5.74) is 1.25. The fourth-order valence-corrected chi connectivity index (χ4v) is 2.29. The van der Waals surface area contributed by atoms with E-state index in [0.717, 1.165) is 13.0 Å². The quantitative estimate of drug-likeness (QED) is 0.867. The molecule has 2 rings (SSSR count). The minimum atomic E-state index is -0.355. The Kier molecular flexibility index (Phi) is 4.72.